The van der Waals surface area contributed by atoms with Crippen molar-refractivity contribution in [2.75, 3.05) is 33.3 Å². The molecule has 724 valence electrons. The SMILES string of the molecule is CPCc1cccc(C)c1Pc1cc(C(C)(C)C)cc(C)c1OCc1ccccc1.CPCc1cccc(C)c1Pc1cc(C)cc(C(C)(C)C)c1OCc1ccccc1.CPCc1cccc(C)c1Pc1cc(C)cc(C)c1OCc1ccccc1.CPCc1cccc(C)c1Pc1cc(C)ccc1OCc1ccccc1.CPCc1cccc(C)c1Pc1cccc(C)c1OCc1ccccc1. The zero-order chi connectivity index (χ0) is 99.4. The van der Waals surface area contributed by atoms with Crippen LogP contribution in [0.3, 0.4) is 0 Å². The maximum Gasteiger partial charge on any atom is 0.131 e. The van der Waals surface area contributed by atoms with Gasteiger partial charge in [-0.25, -0.2) is 0 Å². The minimum atomic E-state index is 0.0244. The van der Waals surface area contributed by atoms with Gasteiger partial charge in [-0.15, -0.1) is 42.9 Å². The molecule has 0 aliphatic heterocycles. The molecule has 15 rings (SSSR count). The molecule has 0 saturated heterocycles. The number of para-hydroxylation sites is 1. The highest BCUT2D eigenvalue weighted by Crippen LogP contribution is 2.39. The largest absolute Gasteiger partial charge is 0.488 e. The Hall–Kier alpha value is -8.40. The summed E-state index contributed by atoms with van der Waals surface area (Å²) in [5.41, 5.74) is 30.7. The van der Waals surface area contributed by atoms with Crippen molar-refractivity contribution >= 4 is 139 Å². The number of benzene rings is 15. The number of ether oxygens (including phenoxy) is 5. The third kappa shape index (κ3) is 34.1. The van der Waals surface area contributed by atoms with Crippen LogP contribution < -0.4 is 76.7 Å². The van der Waals surface area contributed by atoms with E-state index in [4.69, 9.17) is 23.7 Å². The molecule has 0 amide bonds. The number of hydrogen-bond acceptors (Lipinski definition) is 5. The van der Waals surface area contributed by atoms with Crippen LogP contribution in [-0.2, 0) is 74.7 Å². The molecule has 0 spiro atoms. The van der Waals surface area contributed by atoms with Crippen molar-refractivity contribution < 1.29 is 23.7 Å². The first-order valence-electron chi connectivity index (χ1n) is 48.5. The van der Waals surface area contributed by atoms with Crippen LogP contribution in [0, 0.1) is 76.2 Å². The van der Waals surface area contributed by atoms with Crippen molar-refractivity contribution in [1.82, 2.24) is 0 Å². The molecule has 15 aromatic rings. The lowest BCUT2D eigenvalue weighted by Crippen LogP contribution is -2.20. The van der Waals surface area contributed by atoms with Crippen molar-refractivity contribution in [2.24, 2.45) is 0 Å². The standard InChI is InChI=1S/2C27H34OP2.C24H28OP2.2C23H26OP2/c1-19-15-23(27(3,4)5)25(28-17-21-12-8-7-9-13-21)24(16-19)30-26-20(2)11-10-14-22(26)18-29-6;1-19-11-10-14-22(18-29-6)26(19)30-24-16-23(27(3,4)5)15-20(2)25(24)28-17-21-12-8-7-9-13-21;1-17-13-19(3)23(25-15-20-10-6-5-7-11-20)22(14-17)27-24-18(2)9-8-12-21(24)16-26-4;1-17-9-8-14-21(22(17)24-15-19-11-5-4-6-12-19)26-23-18(2)10-7-13-20(23)16-25-3;1-17-12-13-21(24-15-19-9-5-4-6-10-19)22(14-17)26-23-18(2)8-7-11-20(23)16-25-3/h2*7-16,29-30H,17-18H2,1-6H3;5-14,26-27H,15-16H2,1-4H3;2*4-14,25-26H,15-16H2,1-3H3. The van der Waals surface area contributed by atoms with Crippen LogP contribution in [0.15, 0.2) is 315 Å². The number of rotatable bonds is 35. The number of aryl methyl sites for hydroxylation is 11. The van der Waals surface area contributed by atoms with Crippen LogP contribution in [-0.4, -0.2) is 33.3 Å². The third-order valence-electron chi connectivity index (χ3n) is 24.0. The lowest BCUT2D eigenvalue weighted by molar-refractivity contribution is 0.300. The highest BCUT2D eigenvalue weighted by atomic mass is 31.1. The van der Waals surface area contributed by atoms with Crippen LogP contribution in [0.2, 0.25) is 0 Å². The fraction of sp³-hybridized carbons (Fsp3) is 0.274. The van der Waals surface area contributed by atoms with Gasteiger partial charge < -0.3 is 23.7 Å². The second kappa shape index (κ2) is 56.6. The van der Waals surface area contributed by atoms with E-state index < -0.39 is 0 Å². The molecular weight excluding hydrogens is 1880 g/mol. The Labute approximate surface area is 853 Å². The van der Waals surface area contributed by atoms with Gasteiger partial charge in [-0.05, 0) is 325 Å². The highest BCUT2D eigenvalue weighted by Gasteiger charge is 2.26. The summed E-state index contributed by atoms with van der Waals surface area (Å²) < 4.78 is 31.8. The summed E-state index contributed by atoms with van der Waals surface area (Å²) in [5, 5.41) is 14.0. The Bertz CT molecular complexity index is 6280. The molecule has 0 aliphatic carbocycles. The summed E-state index contributed by atoms with van der Waals surface area (Å²) in [6, 6.07) is 113. The van der Waals surface area contributed by atoms with Crippen molar-refractivity contribution in [3.8, 4) is 28.7 Å². The van der Waals surface area contributed by atoms with Gasteiger partial charge >= 0.3 is 0 Å². The minimum Gasteiger partial charge on any atom is -0.488 e. The van der Waals surface area contributed by atoms with E-state index in [-0.39, 0.29) is 10.8 Å². The molecule has 0 fully saturated rings. The van der Waals surface area contributed by atoms with E-state index in [1.807, 2.05) is 24.3 Å². The van der Waals surface area contributed by atoms with E-state index >= 15 is 0 Å². The first-order valence-corrected chi connectivity index (χ1v) is 62.0. The van der Waals surface area contributed by atoms with Crippen molar-refractivity contribution in [2.45, 2.75) is 192 Å². The van der Waals surface area contributed by atoms with E-state index in [2.05, 4.69) is 442 Å². The van der Waals surface area contributed by atoms with Crippen LogP contribution in [0.5, 0.6) is 28.7 Å². The van der Waals surface area contributed by atoms with E-state index in [1.54, 1.807) is 0 Å². The van der Waals surface area contributed by atoms with Gasteiger partial charge in [0.2, 0.25) is 0 Å². The topological polar surface area (TPSA) is 46.2 Å². The monoisotopic (exact) mass is 2030 g/mol. The lowest BCUT2D eigenvalue weighted by Gasteiger charge is -2.26. The quantitative estimate of drug-likeness (QED) is 0.0371. The fourth-order valence-electron chi connectivity index (χ4n) is 16.7. The lowest BCUT2D eigenvalue weighted by atomic mass is 9.85. The Balaban J connectivity index is 0.000000167. The molecule has 0 saturated carbocycles. The first-order chi connectivity index (χ1) is 67.0. The molecule has 5 nitrogen and oxygen atoms in total. The first kappa shape index (κ1) is 111. The molecule has 139 heavy (non-hydrogen) atoms. The third-order valence-corrected chi connectivity index (χ3v) is 35.8. The fourth-order valence-corrected chi connectivity index (χ4v) is 28.4. The Kier molecular flexibility index (Phi) is 45.2. The van der Waals surface area contributed by atoms with Gasteiger partial charge in [-0.2, -0.15) is 0 Å². The van der Waals surface area contributed by atoms with E-state index in [1.165, 1.54) is 181 Å². The summed E-state index contributed by atoms with van der Waals surface area (Å²) >= 11 is 0. The summed E-state index contributed by atoms with van der Waals surface area (Å²) in [5.74, 6) is 5.23. The second-order valence-corrected chi connectivity index (χ2v) is 49.7. The summed E-state index contributed by atoms with van der Waals surface area (Å²) in [6.45, 7) is 52.3. The van der Waals surface area contributed by atoms with Crippen LogP contribution in [0.1, 0.15) is 170 Å². The van der Waals surface area contributed by atoms with Gasteiger partial charge in [0.1, 0.15) is 61.8 Å². The van der Waals surface area contributed by atoms with E-state index in [9.17, 15) is 0 Å². The average molecular weight is 2030 g/mol. The van der Waals surface area contributed by atoms with Gasteiger partial charge in [0, 0.05) is 32.1 Å². The summed E-state index contributed by atoms with van der Waals surface area (Å²) in [4.78, 5) is 0. The molecule has 0 N–H and O–H groups in total. The summed E-state index contributed by atoms with van der Waals surface area (Å²) in [6.07, 6.45) is 5.80. The molecule has 10 atom stereocenters. The molecule has 0 aliphatic rings. The van der Waals surface area contributed by atoms with Gasteiger partial charge in [-0.3, -0.25) is 0 Å². The normalized spacial score (nSPS) is 12.0. The van der Waals surface area contributed by atoms with Crippen LogP contribution >= 0.6 is 85.8 Å². The van der Waals surface area contributed by atoms with Crippen molar-refractivity contribution in [3.63, 3.8) is 0 Å². The Morgan fingerprint density at radius 2 is 0.482 bits per heavy atom. The molecule has 0 heterocycles. The predicted molar refractivity (Wildman–Crippen MR) is 635 cm³/mol. The average Bonchev–Trinajstić information content (AvgIpc) is 0.794. The molecule has 10 unspecified atom stereocenters. The van der Waals surface area contributed by atoms with Gasteiger partial charge in [0.05, 0.1) is 0 Å². The van der Waals surface area contributed by atoms with E-state index in [0.717, 1.165) is 102 Å². The molecule has 15 aromatic carbocycles. The van der Waals surface area contributed by atoms with Gasteiger partial charge in [0.25, 0.3) is 0 Å². The van der Waals surface area contributed by atoms with Crippen LogP contribution in [0.4, 0.5) is 0 Å². The van der Waals surface area contributed by atoms with Crippen molar-refractivity contribution in [1.29, 1.82) is 0 Å². The predicted octanol–water partition coefficient (Wildman–Crippen LogP) is 29.5. The number of hydrogen-bond donors (Lipinski definition) is 0. The molecule has 0 bridgehead atoms. The maximum absolute atomic E-state index is 6.56. The summed E-state index contributed by atoms with van der Waals surface area (Å²) in [7, 11) is 7.75. The van der Waals surface area contributed by atoms with Gasteiger partial charge in [0.15, 0.2) is 0 Å². The highest BCUT2D eigenvalue weighted by molar-refractivity contribution is 7.57. The Morgan fingerprint density at radius 3 is 0.820 bits per heavy atom. The maximum atomic E-state index is 6.56. The molecule has 15 heteroatoms. The smallest absolute Gasteiger partial charge is 0.131 e. The Morgan fingerprint density at radius 1 is 0.209 bits per heavy atom. The van der Waals surface area contributed by atoms with Crippen LogP contribution in [0.25, 0.3) is 0 Å². The zero-order valence-corrected chi connectivity index (χ0v) is 96.1. The van der Waals surface area contributed by atoms with Crippen molar-refractivity contribution in [3.05, 3.63) is 443 Å². The molecular formula is C124H148O5P10. The van der Waals surface area contributed by atoms with E-state index in [0.29, 0.717) is 75.9 Å². The molecule has 0 radical (unpaired) electrons. The second-order valence-electron chi connectivity index (χ2n) is 38.0. The van der Waals surface area contributed by atoms with Gasteiger partial charge in [-0.1, -0.05) is 375 Å². The zero-order valence-electron chi connectivity index (χ0n) is 86.1. The minimum absolute atomic E-state index is 0.0244. The molecule has 0 aromatic heterocycles.